The number of carbonyl (C=O) groups is 1. The summed E-state index contributed by atoms with van der Waals surface area (Å²) in [5.41, 5.74) is 1.25. The molecule has 0 radical (unpaired) electrons. The van der Waals surface area contributed by atoms with Crippen LogP contribution in [-0.4, -0.2) is 27.3 Å². The van der Waals surface area contributed by atoms with Crippen molar-refractivity contribution in [3.63, 3.8) is 0 Å². The summed E-state index contributed by atoms with van der Waals surface area (Å²) in [5.74, 6) is 1.48. The van der Waals surface area contributed by atoms with Crippen molar-refractivity contribution in [2.75, 3.05) is 17.2 Å². The second kappa shape index (κ2) is 7.48. The molecule has 3 rings (SSSR count). The summed E-state index contributed by atoms with van der Waals surface area (Å²) in [6.07, 6.45) is 3.40. The third-order valence-electron chi connectivity index (χ3n) is 3.44. The zero-order valence-electron chi connectivity index (χ0n) is 14.1. The van der Waals surface area contributed by atoms with Gasteiger partial charge in [0, 0.05) is 31.2 Å². The first-order valence-corrected chi connectivity index (χ1v) is 7.91. The normalized spacial score (nSPS) is 10.3. The highest BCUT2D eigenvalue weighted by molar-refractivity contribution is 6.07. The first-order chi connectivity index (χ1) is 12.2. The van der Waals surface area contributed by atoms with Crippen LogP contribution in [0.3, 0.4) is 0 Å². The predicted octanol–water partition coefficient (Wildman–Crippen LogP) is 3.21. The van der Waals surface area contributed by atoms with Crippen LogP contribution in [-0.2, 0) is 7.05 Å². The summed E-state index contributed by atoms with van der Waals surface area (Å²) in [6.45, 7) is 2.55. The predicted molar refractivity (Wildman–Crippen MR) is 96.3 cm³/mol. The maximum Gasteiger partial charge on any atom is 0.260 e. The Balaban J connectivity index is 1.77. The summed E-state index contributed by atoms with van der Waals surface area (Å²) in [7, 11) is 1.79. The van der Waals surface area contributed by atoms with Crippen molar-refractivity contribution < 1.29 is 9.53 Å². The minimum atomic E-state index is -0.278. The molecule has 2 heterocycles. The first-order valence-electron chi connectivity index (χ1n) is 7.91. The van der Waals surface area contributed by atoms with E-state index in [2.05, 4.69) is 20.7 Å². The number of hydrogen-bond donors (Lipinski definition) is 2. The van der Waals surface area contributed by atoms with Gasteiger partial charge in [0.2, 0.25) is 0 Å². The zero-order valence-corrected chi connectivity index (χ0v) is 14.1. The van der Waals surface area contributed by atoms with Gasteiger partial charge in [0.05, 0.1) is 12.2 Å². The lowest BCUT2D eigenvalue weighted by atomic mass is 10.2. The minimum Gasteiger partial charge on any atom is -0.494 e. The zero-order chi connectivity index (χ0) is 17.6. The number of aromatic nitrogens is 3. The quantitative estimate of drug-likeness (QED) is 0.722. The highest BCUT2D eigenvalue weighted by Gasteiger charge is 2.13. The maximum absolute atomic E-state index is 12.5. The number of carbonyl (C=O) groups excluding carboxylic acids is 1. The molecule has 1 aromatic carbocycles. The molecule has 0 aliphatic heterocycles. The van der Waals surface area contributed by atoms with Crippen LogP contribution in [0.25, 0.3) is 0 Å². The number of aryl methyl sites for hydroxylation is 1. The molecule has 0 saturated heterocycles. The van der Waals surface area contributed by atoms with E-state index in [1.54, 1.807) is 42.3 Å². The molecule has 7 nitrogen and oxygen atoms in total. The smallest absolute Gasteiger partial charge is 0.260 e. The number of amides is 1. The molecule has 0 atom stereocenters. The largest absolute Gasteiger partial charge is 0.494 e. The average Bonchev–Trinajstić information content (AvgIpc) is 3.02. The van der Waals surface area contributed by atoms with Crippen molar-refractivity contribution >= 4 is 23.2 Å². The fourth-order valence-electron chi connectivity index (χ4n) is 2.29. The van der Waals surface area contributed by atoms with Gasteiger partial charge in [-0.15, -0.1) is 0 Å². The standard InChI is InChI=1S/C18H19N5O2/c1-3-25-14-8-6-13(7-9-14)20-17-15(5-4-11-19-17)18(24)21-16-10-12-23(2)22-16/h4-12H,3H2,1-2H3,(H,19,20)(H,21,22,24). The van der Waals surface area contributed by atoms with Crippen LogP contribution in [0.2, 0.25) is 0 Å². The van der Waals surface area contributed by atoms with Crippen molar-refractivity contribution in [1.82, 2.24) is 14.8 Å². The molecule has 1 amide bonds. The van der Waals surface area contributed by atoms with E-state index in [4.69, 9.17) is 4.74 Å². The number of ether oxygens (including phenoxy) is 1. The van der Waals surface area contributed by atoms with Crippen LogP contribution >= 0.6 is 0 Å². The van der Waals surface area contributed by atoms with E-state index in [1.807, 2.05) is 31.2 Å². The number of nitrogens with one attached hydrogen (secondary N) is 2. The van der Waals surface area contributed by atoms with Crippen LogP contribution < -0.4 is 15.4 Å². The molecule has 0 aliphatic carbocycles. The Hall–Kier alpha value is -3.35. The van der Waals surface area contributed by atoms with E-state index in [9.17, 15) is 4.79 Å². The Kier molecular flexibility index (Phi) is 4.94. The van der Waals surface area contributed by atoms with Crippen molar-refractivity contribution in [3.05, 3.63) is 60.4 Å². The average molecular weight is 337 g/mol. The summed E-state index contributed by atoms with van der Waals surface area (Å²) < 4.78 is 7.05. The highest BCUT2D eigenvalue weighted by Crippen LogP contribution is 2.22. The van der Waals surface area contributed by atoms with Gasteiger partial charge in [0.1, 0.15) is 11.6 Å². The summed E-state index contributed by atoms with van der Waals surface area (Å²) in [5, 5.41) is 10.1. The van der Waals surface area contributed by atoms with Gasteiger partial charge >= 0.3 is 0 Å². The van der Waals surface area contributed by atoms with Gasteiger partial charge in [-0.3, -0.25) is 9.48 Å². The Morgan fingerprint density at radius 3 is 2.68 bits per heavy atom. The third kappa shape index (κ3) is 4.14. The van der Waals surface area contributed by atoms with Crippen molar-refractivity contribution in [3.8, 4) is 5.75 Å². The fourth-order valence-corrected chi connectivity index (χ4v) is 2.29. The second-order valence-electron chi connectivity index (χ2n) is 5.31. The molecule has 2 N–H and O–H groups in total. The van der Waals surface area contributed by atoms with Gasteiger partial charge in [-0.2, -0.15) is 5.10 Å². The molecule has 25 heavy (non-hydrogen) atoms. The number of nitrogens with zero attached hydrogens (tertiary/aromatic N) is 3. The van der Waals surface area contributed by atoms with E-state index in [1.165, 1.54) is 0 Å². The van der Waals surface area contributed by atoms with Crippen LogP contribution in [0.15, 0.2) is 54.9 Å². The molecule has 0 saturated carbocycles. The fraction of sp³-hybridized carbons (Fsp3) is 0.167. The van der Waals surface area contributed by atoms with Crippen molar-refractivity contribution in [1.29, 1.82) is 0 Å². The highest BCUT2D eigenvalue weighted by atomic mass is 16.5. The van der Waals surface area contributed by atoms with E-state index < -0.39 is 0 Å². The van der Waals surface area contributed by atoms with Crippen LogP contribution in [0.4, 0.5) is 17.3 Å². The second-order valence-corrected chi connectivity index (χ2v) is 5.31. The van der Waals surface area contributed by atoms with Gasteiger partial charge in [-0.05, 0) is 43.3 Å². The van der Waals surface area contributed by atoms with Gasteiger partial charge in [0.25, 0.3) is 5.91 Å². The molecule has 0 spiro atoms. The molecule has 2 aromatic heterocycles. The van der Waals surface area contributed by atoms with Gasteiger partial charge in [0.15, 0.2) is 5.82 Å². The maximum atomic E-state index is 12.5. The number of pyridine rings is 1. The van der Waals surface area contributed by atoms with E-state index in [0.29, 0.717) is 23.8 Å². The van der Waals surface area contributed by atoms with Gasteiger partial charge < -0.3 is 15.4 Å². The lowest BCUT2D eigenvalue weighted by Crippen LogP contribution is -2.15. The summed E-state index contributed by atoms with van der Waals surface area (Å²) >= 11 is 0. The molecule has 0 bridgehead atoms. The summed E-state index contributed by atoms with van der Waals surface area (Å²) in [6, 6.07) is 12.6. The van der Waals surface area contributed by atoms with E-state index in [-0.39, 0.29) is 5.91 Å². The molecular formula is C18H19N5O2. The van der Waals surface area contributed by atoms with E-state index >= 15 is 0 Å². The monoisotopic (exact) mass is 337 g/mol. The SMILES string of the molecule is CCOc1ccc(Nc2ncccc2C(=O)Nc2ccn(C)n2)cc1. The Morgan fingerprint density at radius 1 is 1.20 bits per heavy atom. The lowest BCUT2D eigenvalue weighted by molar-refractivity contribution is 0.102. The molecule has 0 unspecified atom stereocenters. The molecule has 0 fully saturated rings. The van der Waals surface area contributed by atoms with Gasteiger partial charge in [-0.1, -0.05) is 0 Å². The molecule has 128 valence electrons. The first kappa shape index (κ1) is 16.5. The Morgan fingerprint density at radius 2 is 2.00 bits per heavy atom. The van der Waals surface area contributed by atoms with Crippen LogP contribution in [0.1, 0.15) is 17.3 Å². The number of benzene rings is 1. The Bertz CT molecular complexity index is 858. The number of anilines is 3. The third-order valence-corrected chi connectivity index (χ3v) is 3.44. The van der Waals surface area contributed by atoms with Gasteiger partial charge in [-0.25, -0.2) is 4.98 Å². The number of hydrogen-bond acceptors (Lipinski definition) is 5. The lowest BCUT2D eigenvalue weighted by Gasteiger charge is -2.11. The van der Waals surface area contributed by atoms with Crippen LogP contribution in [0.5, 0.6) is 5.75 Å². The molecule has 0 aliphatic rings. The van der Waals surface area contributed by atoms with E-state index in [0.717, 1.165) is 11.4 Å². The molecule has 7 heteroatoms. The van der Waals surface area contributed by atoms with Crippen LogP contribution in [0, 0.1) is 0 Å². The van der Waals surface area contributed by atoms with Crippen molar-refractivity contribution in [2.24, 2.45) is 7.05 Å². The molecular weight excluding hydrogens is 318 g/mol. The summed E-state index contributed by atoms with van der Waals surface area (Å²) in [4.78, 5) is 16.8. The van der Waals surface area contributed by atoms with Crippen molar-refractivity contribution in [2.45, 2.75) is 6.92 Å². The minimum absolute atomic E-state index is 0.278. The molecule has 3 aromatic rings. The topological polar surface area (TPSA) is 81.1 Å². The number of rotatable bonds is 6. The Labute approximate surface area is 145 Å².